The number of benzene rings is 1. The highest BCUT2D eigenvalue weighted by molar-refractivity contribution is 6.59. The SMILES string of the molecule is C=C1C2=C(BC3=CCC=CC=C32)C(C)(C)c2cc(OCCCC)ccc21. The van der Waals surface area contributed by atoms with Gasteiger partial charge in [-0.2, -0.15) is 0 Å². The Morgan fingerprint density at radius 1 is 1.27 bits per heavy atom. The first-order valence-corrected chi connectivity index (χ1v) is 9.81. The number of rotatable bonds is 4. The predicted octanol–water partition coefficient (Wildman–Crippen LogP) is 5.64. The molecule has 0 aromatic heterocycles. The Morgan fingerprint density at radius 3 is 2.92 bits per heavy atom. The van der Waals surface area contributed by atoms with E-state index in [9.17, 15) is 0 Å². The van der Waals surface area contributed by atoms with Gasteiger partial charge in [0, 0.05) is 5.41 Å². The number of unbranched alkanes of at least 4 members (excludes halogenated alkanes) is 1. The molecule has 1 heterocycles. The normalized spacial score (nSPS) is 19.7. The summed E-state index contributed by atoms with van der Waals surface area (Å²) in [6.07, 6.45) is 12.3. The summed E-state index contributed by atoms with van der Waals surface area (Å²) >= 11 is 0. The molecule has 0 atom stereocenters. The topological polar surface area (TPSA) is 9.23 Å². The maximum absolute atomic E-state index is 5.99. The summed E-state index contributed by atoms with van der Waals surface area (Å²) in [5.74, 6) is 0.982. The smallest absolute Gasteiger partial charge is 0.189 e. The summed E-state index contributed by atoms with van der Waals surface area (Å²) in [5.41, 5.74) is 9.50. The molecule has 0 saturated carbocycles. The zero-order valence-corrected chi connectivity index (χ0v) is 16.2. The molecule has 2 heteroatoms. The Kier molecular flexibility index (Phi) is 4.30. The molecule has 0 saturated heterocycles. The van der Waals surface area contributed by atoms with Gasteiger partial charge < -0.3 is 4.74 Å². The molecule has 0 spiro atoms. The van der Waals surface area contributed by atoms with E-state index in [1.807, 2.05) is 0 Å². The van der Waals surface area contributed by atoms with Crippen LogP contribution in [0.2, 0.25) is 0 Å². The van der Waals surface area contributed by atoms with Crippen molar-refractivity contribution in [3.8, 4) is 5.75 Å². The Labute approximate surface area is 158 Å². The quantitative estimate of drug-likeness (QED) is 0.508. The standard InChI is InChI=1S/C24H27BO/c1-5-6-14-26-17-12-13-18-16(2)22-19-10-8-7-9-11-21(19)25-23(22)24(3,4)20(18)15-17/h7-8,10-13,15,25H,2,5-6,9,14H2,1,3-4H3. The third-order valence-electron chi connectivity index (χ3n) is 6.00. The molecule has 132 valence electrons. The van der Waals surface area contributed by atoms with Crippen LogP contribution in [0, 0.1) is 0 Å². The van der Waals surface area contributed by atoms with Gasteiger partial charge in [0.2, 0.25) is 0 Å². The van der Waals surface area contributed by atoms with Crippen molar-refractivity contribution in [2.24, 2.45) is 0 Å². The second-order valence-electron chi connectivity index (χ2n) is 8.02. The third-order valence-corrected chi connectivity index (χ3v) is 6.00. The molecular weight excluding hydrogens is 315 g/mol. The average Bonchev–Trinajstić information content (AvgIpc) is 2.85. The largest absolute Gasteiger partial charge is 0.494 e. The fourth-order valence-corrected chi connectivity index (χ4v) is 4.43. The third kappa shape index (κ3) is 2.63. The molecule has 1 aliphatic heterocycles. The van der Waals surface area contributed by atoms with E-state index in [1.54, 1.807) is 0 Å². The molecule has 1 aromatic carbocycles. The van der Waals surface area contributed by atoms with Gasteiger partial charge in [0.15, 0.2) is 7.28 Å². The minimum Gasteiger partial charge on any atom is -0.494 e. The molecule has 0 amide bonds. The van der Waals surface area contributed by atoms with Gasteiger partial charge in [-0.15, -0.1) is 0 Å². The van der Waals surface area contributed by atoms with Crippen molar-refractivity contribution in [2.75, 3.05) is 6.61 Å². The van der Waals surface area contributed by atoms with Crippen molar-refractivity contribution in [1.82, 2.24) is 0 Å². The van der Waals surface area contributed by atoms with Gasteiger partial charge in [0.05, 0.1) is 6.61 Å². The lowest BCUT2D eigenvalue weighted by Crippen LogP contribution is -2.28. The van der Waals surface area contributed by atoms with Crippen LogP contribution in [0.4, 0.5) is 0 Å². The van der Waals surface area contributed by atoms with Crippen LogP contribution < -0.4 is 4.74 Å². The number of hydrogen-bond donors (Lipinski definition) is 0. The fourth-order valence-electron chi connectivity index (χ4n) is 4.43. The highest BCUT2D eigenvalue weighted by Crippen LogP contribution is 2.53. The lowest BCUT2D eigenvalue weighted by molar-refractivity contribution is 0.308. The van der Waals surface area contributed by atoms with E-state index in [0.717, 1.165) is 38.9 Å². The maximum atomic E-state index is 5.99. The van der Waals surface area contributed by atoms with E-state index in [0.29, 0.717) is 0 Å². The van der Waals surface area contributed by atoms with Crippen LogP contribution in [-0.4, -0.2) is 13.9 Å². The van der Waals surface area contributed by atoms with Gasteiger partial charge in [0.1, 0.15) is 5.75 Å². The zero-order valence-electron chi connectivity index (χ0n) is 16.2. The molecule has 2 aliphatic carbocycles. The summed E-state index contributed by atoms with van der Waals surface area (Å²) in [7, 11) is 1.04. The molecule has 4 rings (SSSR count). The van der Waals surface area contributed by atoms with Crippen LogP contribution in [0.5, 0.6) is 5.75 Å². The number of ether oxygens (including phenoxy) is 1. The van der Waals surface area contributed by atoms with E-state index < -0.39 is 0 Å². The highest BCUT2D eigenvalue weighted by atomic mass is 16.5. The Balaban J connectivity index is 1.78. The predicted molar refractivity (Wildman–Crippen MR) is 113 cm³/mol. The van der Waals surface area contributed by atoms with Crippen molar-refractivity contribution in [3.63, 3.8) is 0 Å². The van der Waals surface area contributed by atoms with E-state index in [1.165, 1.54) is 38.8 Å². The fraction of sp³-hybridized carbons (Fsp3) is 0.333. The lowest BCUT2D eigenvalue weighted by atomic mass is 9.54. The molecular formula is C24H27BO. The van der Waals surface area contributed by atoms with Crippen LogP contribution in [0.3, 0.4) is 0 Å². The van der Waals surface area contributed by atoms with Crippen molar-refractivity contribution in [1.29, 1.82) is 0 Å². The minimum atomic E-state index is -0.00637. The molecule has 1 aromatic rings. The molecule has 0 bridgehead atoms. The van der Waals surface area contributed by atoms with Crippen LogP contribution in [-0.2, 0) is 5.41 Å². The van der Waals surface area contributed by atoms with E-state index in [4.69, 9.17) is 4.74 Å². The molecule has 0 radical (unpaired) electrons. The summed E-state index contributed by atoms with van der Waals surface area (Å²) < 4.78 is 5.99. The zero-order chi connectivity index (χ0) is 18.3. The Morgan fingerprint density at radius 2 is 2.12 bits per heavy atom. The summed E-state index contributed by atoms with van der Waals surface area (Å²) in [6.45, 7) is 12.2. The first-order chi connectivity index (χ1) is 12.5. The molecule has 3 aliphatic rings. The number of hydrogen-bond acceptors (Lipinski definition) is 1. The van der Waals surface area contributed by atoms with Crippen molar-refractivity contribution >= 4 is 12.9 Å². The Bertz CT molecular complexity index is 893. The van der Waals surface area contributed by atoms with Crippen LogP contribution in [0.25, 0.3) is 5.57 Å². The molecule has 0 N–H and O–H groups in total. The minimum absolute atomic E-state index is 0.00637. The van der Waals surface area contributed by atoms with Crippen LogP contribution in [0.1, 0.15) is 51.2 Å². The molecule has 0 unspecified atom stereocenters. The Hall–Kier alpha value is -2.22. The molecule has 26 heavy (non-hydrogen) atoms. The van der Waals surface area contributed by atoms with Crippen molar-refractivity contribution in [2.45, 2.75) is 45.4 Å². The van der Waals surface area contributed by atoms with Gasteiger partial charge >= 0.3 is 0 Å². The second-order valence-corrected chi connectivity index (χ2v) is 8.02. The van der Waals surface area contributed by atoms with Gasteiger partial charge in [0.25, 0.3) is 0 Å². The molecule has 1 nitrogen and oxygen atoms in total. The van der Waals surface area contributed by atoms with E-state index >= 15 is 0 Å². The molecule has 0 fully saturated rings. The van der Waals surface area contributed by atoms with E-state index in [2.05, 4.69) is 69.9 Å². The number of allylic oxidation sites excluding steroid dienone is 9. The maximum Gasteiger partial charge on any atom is 0.189 e. The summed E-state index contributed by atoms with van der Waals surface area (Å²) in [4.78, 5) is 0. The van der Waals surface area contributed by atoms with Crippen molar-refractivity contribution < 1.29 is 4.74 Å². The summed E-state index contributed by atoms with van der Waals surface area (Å²) in [5, 5.41) is 0. The van der Waals surface area contributed by atoms with Gasteiger partial charge in [-0.3, -0.25) is 0 Å². The van der Waals surface area contributed by atoms with Crippen LogP contribution in [0.15, 0.2) is 71.2 Å². The van der Waals surface area contributed by atoms with Gasteiger partial charge in [-0.25, -0.2) is 0 Å². The van der Waals surface area contributed by atoms with Gasteiger partial charge in [-0.1, -0.05) is 75.1 Å². The monoisotopic (exact) mass is 342 g/mol. The second kappa shape index (κ2) is 6.50. The van der Waals surface area contributed by atoms with E-state index in [-0.39, 0.29) is 5.41 Å². The average molecular weight is 342 g/mol. The van der Waals surface area contributed by atoms with Gasteiger partial charge in [-0.05, 0) is 52.8 Å². The highest BCUT2D eigenvalue weighted by Gasteiger charge is 2.41. The number of fused-ring (bicyclic) bond motifs is 3. The first-order valence-electron chi connectivity index (χ1n) is 9.81. The first kappa shape index (κ1) is 17.2. The summed E-state index contributed by atoms with van der Waals surface area (Å²) in [6, 6.07) is 6.56. The van der Waals surface area contributed by atoms with Crippen LogP contribution >= 0.6 is 0 Å². The van der Waals surface area contributed by atoms with Crippen molar-refractivity contribution in [3.05, 3.63) is 82.3 Å². The lowest BCUT2D eigenvalue weighted by Gasteiger charge is -2.36.